The molecule has 0 aliphatic carbocycles. The quantitative estimate of drug-likeness (QED) is 0.496. The number of rotatable bonds is 4. The molecule has 0 nitrogen and oxygen atoms in total. The summed E-state index contributed by atoms with van der Waals surface area (Å²) in [5, 5.41) is 0. The minimum atomic E-state index is -0.656. The van der Waals surface area contributed by atoms with Gasteiger partial charge in [0.15, 0.2) is 0 Å². The Balaban J connectivity index is 1.97. The van der Waals surface area contributed by atoms with Crippen LogP contribution in [0.3, 0.4) is 0 Å². The maximum atomic E-state index is 14.6. The van der Waals surface area contributed by atoms with Crippen LogP contribution in [0.4, 0.5) is 13.2 Å². The summed E-state index contributed by atoms with van der Waals surface area (Å²) in [6.45, 7) is 3.49. The Labute approximate surface area is 146 Å². The molecule has 0 unspecified atom stereocenters. The van der Waals surface area contributed by atoms with Crippen molar-refractivity contribution in [1.29, 1.82) is 0 Å². The van der Waals surface area contributed by atoms with Crippen LogP contribution in [0.25, 0.3) is 22.3 Å². The number of hydrogen-bond donors (Lipinski definition) is 0. The van der Waals surface area contributed by atoms with Crippen molar-refractivity contribution in [3.8, 4) is 22.3 Å². The molecule has 0 fully saturated rings. The lowest BCUT2D eigenvalue weighted by molar-refractivity contribution is 0.570. The van der Waals surface area contributed by atoms with Crippen molar-refractivity contribution in [2.45, 2.75) is 26.7 Å². The molecule has 0 N–H and O–H groups in total. The zero-order valence-electron chi connectivity index (χ0n) is 14.2. The first-order valence-electron chi connectivity index (χ1n) is 8.35. The molecule has 3 aromatic rings. The van der Waals surface area contributed by atoms with Gasteiger partial charge in [0, 0.05) is 16.7 Å². The van der Waals surface area contributed by atoms with E-state index in [4.69, 9.17) is 0 Å². The second-order valence-electron chi connectivity index (χ2n) is 6.18. The smallest absolute Gasteiger partial charge is 0.136 e. The second kappa shape index (κ2) is 7.14. The number of aryl methyl sites for hydroxylation is 1. The van der Waals surface area contributed by atoms with Gasteiger partial charge < -0.3 is 0 Å². The van der Waals surface area contributed by atoms with Crippen molar-refractivity contribution in [1.82, 2.24) is 0 Å². The standard InChI is InChI=1S/C22H19F3/c1-3-4-15-5-7-16(8-6-15)18-10-9-17(13-21(18)24)19-11-12-20(23)14(2)22(19)25/h5-13H,3-4H2,1-2H3. The topological polar surface area (TPSA) is 0 Å². The first-order chi connectivity index (χ1) is 12.0. The first kappa shape index (κ1) is 17.3. The highest BCUT2D eigenvalue weighted by molar-refractivity contribution is 5.72. The molecule has 0 radical (unpaired) electrons. The molecule has 0 atom stereocenters. The summed E-state index contributed by atoms with van der Waals surface area (Å²) >= 11 is 0. The van der Waals surface area contributed by atoms with Gasteiger partial charge in [-0.2, -0.15) is 0 Å². The summed E-state index contributed by atoms with van der Waals surface area (Å²) in [4.78, 5) is 0. The SMILES string of the molecule is CCCc1ccc(-c2ccc(-c3ccc(F)c(C)c3F)cc2F)cc1. The average Bonchev–Trinajstić information content (AvgIpc) is 2.61. The summed E-state index contributed by atoms with van der Waals surface area (Å²) in [6, 6.07) is 14.9. The van der Waals surface area contributed by atoms with Crippen LogP contribution in [0.5, 0.6) is 0 Å². The minimum Gasteiger partial charge on any atom is -0.207 e. The third-order valence-corrected chi connectivity index (χ3v) is 4.40. The highest BCUT2D eigenvalue weighted by Gasteiger charge is 2.14. The molecule has 0 aromatic heterocycles. The van der Waals surface area contributed by atoms with E-state index in [9.17, 15) is 13.2 Å². The summed E-state index contributed by atoms with van der Waals surface area (Å²) in [6.07, 6.45) is 2.05. The van der Waals surface area contributed by atoms with Crippen LogP contribution in [0.1, 0.15) is 24.5 Å². The number of benzene rings is 3. The third kappa shape index (κ3) is 3.46. The largest absolute Gasteiger partial charge is 0.207 e. The van der Waals surface area contributed by atoms with Crippen LogP contribution in [0.15, 0.2) is 54.6 Å². The highest BCUT2D eigenvalue weighted by Crippen LogP contribution is 2.31. The van der Waals surface area contributed by atoms with E-state index >= 15 is 0 Å². The zero-order valence-corrected chi connectivity index (χ0v) is 14.2. The predicted molar refractivity (Wildman–Crippen MR) is 95.9 cm³/mol. The highest BCUT2D eigenvalue weighted by atomic mass is 19.1. The molecule has 0 saturated carbocycles. The maximum absolute atomic E-state index is 14.6. The van der Waals surface area contributed by atoms with Crippen LogP contribution < -0.4 is 0 Å². The lowest BCUT2D eigenvalue weighted by Gasteiger charge is -2.10. The molecule has 0 aliphatic rings. The Kier molecular flexibility index (Phi) is 4.93. The molecular formula is C22H19F3. The fourth-order valence-electron chi connectivity index (χ4n) is 2.94. The lowest BCUT2D eigenvalue weighted by atomic mass is 9.97. The zero-order chi connectivity index (χ0) is 18.0. The molecule has 0 spiro atoms. The van der Waals surface area contributed by atoms with E-state index < -0.39 is 17.5 Å². The van der Waals surface area contributed by atoms with Gasteiger partial charge in [0.05, 0.1) is 0 Å². The minimum absolute atomic E-state index is 0.0616. The van der Waals surface area contributed by atoms with E-state index in [-0.39, 0.29) is 11.1 Å². The molecule has 0 heterocycles. The number of halogens is 3. The van der Waals surface area contributed by atoms with Gasteiger partial charge >= 0.3 is 0 Å². The Morgan fingerprint density at radius 3 is 2.00 bits per heavy atom. The van der Waals surface area contributed by atoms with E-state index in [1.54, 1.807) is 12.1 Å². The molecule has 0 saturated heterocycles. The molecule has 0 aliphatic heterocycles. The lowest BCUT2D eigenvalue weighted by Crippen LogP contribution is -1.94. The van der Waals surface area contributed by atoms with Crippen molar-refractivity contribution in [3.05, 3.63) is 83.2 Å². The van der Waals surface area contributed by atoms with E-state index in [1.165, 1.54) is 30.7 Å². The van der Waals surface area contributed by atoms with Crippen molar-refractivity contribution >= 4 is 0 Å². The third-order valence-electron chi connectivity index (χ3n) is 4.40. The molecule has 3 aromatic carbocycles. The molecule has 128 valence electrons. The van der Waals surface area contributed by atoms with Crippen molar-refractivity contribution < 1.29 is 13.2 Å². The van der Waals surface area contributed by atoms with Crippen LogP contribution in [-0.4, -0.2) is 0 Å². The van der Waals surface area contributed by atoms with Gasteiger partial charge in [0.2, 0.25) is 0 Å². The van der Waals surface area contributed by atoms with Crippen LogP contribution >= 0.6 is 0 Å². The van der Waals surface area contributed by atoms with E-state index in [0.29, 0.717) is 11.1 Å². The fourth-order valence-corrected chi connectivity index (χ4v) is 2.94. The normalized spacial score (nSPS) is 10.9. The first-order valence-corrected chi connectivity index (χ1v) is 8.35. The molecule has 3 heteroatoms. The van der Waals surface area contributed by atoms with E-state index in [0.717, 1.165) is 18.4 Å². The average molecular weight is 340 g/mol. The van der Waals surface area contributed by atoms with Crippen LogP contribution in [-0.2, 0) is 6.42 Å². The summed E-state index contributed by atoms with van der Waals surface area (Å²) in [5.41, 5.74) is 2.98. The molecular weight excluding hydrogens is 321 g/mol. The fraction of sp³-hybridized carbons (Fsp3) is 0.182. The summed E-state index contributed by atoms with van der Waals surface area (Å²) in [5.74, 6) is -1.69. The Morgan fingerprint density at radius 1 is 0.720 bits per heavy atom. The monoisotopic (exact) mass is 340 g/mol. The predicted octanol–water partition coefficient (Wildman–Crippen LogP) is 6.70. The van der Waals surface area contributed by atoms with Gasteiger partial charge in [-0.25, -0.2) is 13.2 Å². The van der Waals surface area contributed by atoms with Crippen LogP contribution in [0.2, 0.25) is 0 Å². The van der Waals surface area contributed by atoms with Crippen molar-refractivity contribution in [2.24, 2.45) is 0 Å². The van der Waals surface area contributed by atoms with Gasteiger partial charge in [0.25, 0.3) is 0 Å². The Hall–Kier alpha value is -2.55. The summed E-state index contributed by atoms with van der Waals surface area (Å²) < 4.78 is 42.3. The van der Waals surface area contributed by atoms with Gasteiger partial charge in [-0.3, -0.25) is 0 Å². The molecule has 3 rings (SSSR count). The molecule has 25 heavy (non-hydrogen) atoms. The van der Waals surface area contributed by atoms with Gasteiger partial charge in [0.1, 0.15) is 17.5 Å². The Bertz CT molecular complexity index is 896. The van der Waals surface area contributed by atoms with E-state index in [1.807, 2.05) is 24.3 Å². The van der Waals surface area contributed by atoms with Gasteiger partial charge in [-0.05, 0) is 48.2 Å². The Morgan fingerprint density at radius 2 is 1.36 bits per heavy atom. The van der Waals surface area contributed by atoms with Crippen molar-refractivity contribution in [2.75, 3.05) is 0 Å². The summed E-state index contributed by atoms with van der Waals surface area (Å²) in [7, 11) is 0. The van der Waals surface area contributed by atoms with E-state index in [2.05, 4.69) is 6.92 Å². The van der Waals surface area contributed by atoms with Gasteiger partial charge in [-0.1, -0.05) is 49.7 Å². The maximum Gasteiger partial charge on any atom is 0.136 e. The van der Waals surface area contributed by atoms with Gasteiger partial charge in [-0.15, -0.1) is 0 Å². The molecule has 0 amide bonds. The van der Waals surface area contributed by atoms with Crippen LogP contribution in [0, 0.1) is 24.4 Å². The number of hydrogen-bond acceptors (Lipinski definition) is 0. The second-order valence-corrected chi connectivity index (χ2v) is 6.18. The van der Waals surface area contributed by atoms with Crippen molar-refractivity contribution in [3.63, 3.8) is 0 Å². The molecule has 0 bridgehead atoms.